The van der Waals surface area contributed by atoms with E-state index >= 15 is 0 Å². The van der Waals surface area contributed by atoms with Crippen molar-refractivity contribution in [2.75, 3.05) is 12.4 Å². The molecule has 3 nitrogen and oxygen atoms in total. The van der Waals surface area contributed by atoms with Gasteiger partial charge in [0.15, 0.2) is 0 Å². The van der Waals surface area contributed by atoms with Crippen LogP contribution in [-0.4, -0.2) is 20.8 Å². The van der Waals surface area contributed by atoms with Crippen molar-refractivity contribution in [3.63, 3.8) is 0 Å². The Morgan fingerprint density at radius 2 is 1.89 bits per heavy atom. The van der Waals surface area contributed by atoms with Gasteiger partial charge in [-0.1, -0.05) is 31.0 Å². The molecule has 0 radical (unpaired) electrons. The van der Waals surface area contributed by atoms with E-state index in [1.165, 1.54) is 0 Å². The van der Waals surface area contributed by atoms with Crippen molar-refractivity contribution in [3.05, 3.63) is 29.8 Å². The monoisotopic (exact) mass is 289 g/mol. The lowest BCUT2D eigenvalue weighted by Crippen LogP contribution is -2.29. The molecule has 0 aliphatic rings. The average molecular weight is 290 g/mol. The summed E-state index contributed by atoms with van der Waals surface area (Å²) in [5.41, 5.74) is 1.04. The van der Waals surface area contributed by atoms with Gasteiger partial charge in [-0.05, 0) is 31.4 Å². The zero-order valence-corrected chi connectivity index (χ0v) is 12.4. The zero-order valence-electron chi connectivity index (χ0n) is 10.8. The normalized spacial score (nSPS) is 13.5. The summed E-state index contributed by atoms with van der Waals surface area (Å²) >= 11 is 5.68. The number of sulfonamides is 1. The van der Waals surface area contributed by atoms with E-state index < -0.39 is 10.0 Å². The summed E-state index contributed by atoms with van der Waals surface area (Å²) in [5, 5.41) is 0. The van der Waals surface area contributed by atoms with Gasteiger partial charge in [0.1, 0.15) is 0 Å². The van der Waals surface area contributed by atoms with E-state index in [1.807, 2.05) is 13.8 Å². The molecule has 1 N–H and O–H groups in total. The maximum atomic E-state index is 12.0. The summed E-state index contributed by atoms with van der Waals surface area (Å²) in [6.07, 6.45) is 1.75. The van der Waals surface area contributed by atoms with Crippen LogP contribution in [0.15, 0.2) is 29.2 Å². The SMILES string of the molecule is CCC(CCCl)CNS(=O)(=O)c1ccc(C)cc1. The van der Waals surface area contributed by atoms with E-state index in [2.05, 4.69) is 4.72 Å². The largest absolute Gasteiger partial charge is 0.240 e. The van der Waals surface area contributed by atoms with Crippen molar-refractivity contribution in [2.24, 2.45) is 5.92 Å². The molecule has 1 rings (SSSR count). The first kappa shape index (κ1) is 15.5. The third-order valence-corrected chi connectivity index (χ3v) is 4.65. The number of hydrogen-bond acceptors (Lipinski definition) is 2. The van der Waals surface area contributed by atoms with E-state index in [4.69, 9.17) is 11.6 Å². The molecule has 1 aromatic rings. The fourth-order valence-electron chi connectivity index (χ4n) is 1.63. The van der Waals surface area contributed by atoms with Crippen LogP contribution in [-0.2, 0) is 10.0 Å². The fraction of sp³-hybridized carbons (Fsp3) is 0.538. The van der Waals surface area contributed by atoms with Crippen LogP contribution >= 0.6 is 11.6 Å². The van der Waals surface area contributed by atoms with E-state index in [1.54, 1.807) is 24.3 Å². The standard InChI is InChI=1S/C13H20ClNO2S/c1-3-12(8-9-14)10-15-18(16,17)13-6-4-11(2)5-7-13/h4-7,12,15H,3,8-10H2,1-2H3. The highest BCUT2D eigenvalue weighted by molar-refractivity contribution is 7.89. The highest BCUT2D eigenvalue weighted by atomic mass is 35.5. The smallest absolute Gasteiger partial charge is 0.211 e. The first-order valence-corrected chi connectivity index (χ1v) is 8.13. The second kappa shape index (κ2) is 7.12. The van der Waals surface area contributed by atoms with Crippen molar-refractivity contribution in [1.82, 2.24) is 4.72 Å². The van der Waals surface area contributed by atoms with Crippen LogP contribution in [0.25, 0.3) is 0 Å². The number of aryl methyl sites for hydroxylation is 1. The molecule has 0 saturated heterocycles. The van der Waals surface area contributed by atoms with E-state index in [0.29, 0.717) is 23.2 Å². The second-order valence-corrected chi connectivity index (χ2v) is 6.56. The Labute approximate surface area is 115 Å². The Bertz CT molecular complexity index is 456. The molecule has 0 bridgehead atoms. The molecule has 0 fully saturated rings. The van der Waals surface area contributed by atoms with Crippen LogP contribution < -0.4 is 4.72 Å². The number of benzene rings is 1. The van der Waals surface area contributed by atoms with Gasteiger partial charge in [-0.25, -0.2) is 13.1 Å². The molecular formula is C13H20ClNO2S. The highest BCUT2D eigenvalue weighted by Crippen LogP contribution is 2.12. The Morgan fingerprint density at radius 3 is 2.39 bits per heavy atom. The van der Waals surface area contributed by atoms with Gasteiger partial charge in [-0.2, -0.15) is 0 Å². The summed E-state index contributed by atoms with van der Waals surface area (Å²) in [4.78, 5) is 0.314. The van der Waals surface area contributed by atoms with Crippen molar-refractivity contribution < 1.29 is 8.42 Å². The molecule has 18 heavy (non-hydrogen) atoms. The Kier molecular flexibility index (Phi) is 6.12. The van der Waals surface area contributed by atoms with Gasteiger partial charge in [0.05, 0.1) is 4.90 Å². The van der Waals surface area contributed by atoms with Crippen LogP contribution in [0.4, 0.5) is 0 Å². The van der Waals surface area contributed by atoms with Gasteiger partial charge in [0, 0.05) is 12.4 Å². The van der Waals surface area contributed by atoms with Gasteiger partial charge in [0.2, 0.25) is 10.0 Å². The minimum Gasteiger partial charge on any atom is -0.211 e. The minimum absolute atomic E-state index is 0.294. The van der Waals surface area contributed by atoms with Gasteiger partial charge >= 0.3 is 0 Å². The summed E-state index contributed by atoms with van der Waals surface area (Å²) in [6.45, 7) is 4.41. The van der Waals surface area contributed by atoms with Crippen molar-refractivity contribution in [1.29, 1.82) is 0 Å². The summed E-state index contributed by atoms with van der Waals surface area (Å²) in [5.74, 6) is 0.854. The Morgan fingerprint density at radius 1 is 1.28 bits per heavy atom. The predicted octanol–water partition coefficient (Wildman–Crippen LogP) is 2.93. The van der Waals surface area contributed by atoms with Crippen LogP contribution in [0.2, 0.25) is 0 Å². The highest BCUT2D eigenvalue weighted by Gasteiger charge is 2.15. The van der Waals surface area contributed by atoms with Crippen LogP contribution in [0, 0.1) is 12.8 Å². The van der Waals surface area contributed by atoms with Crippen molar-refractivity contribution in [2.45, 2.75) is 31.6 Å². The zero-order chi connectivity index (χ0) is 13.6. The number of hydrogen-bond donors (Lipinski definition) is 1. The molecule has 0 aliphatic carbocycles. The fourth-order valence-corrected chi connectivity index (χ4v) is 3.06. The molecular weight excluding hydrogens is 270 g/mol. The summed E-state index contributed by atoms with van der Waals surface area (Å²) < 4.78 is 26.7. The Balaban J connectivity index is 2.67. The molecule has 0 amide bonds. The topological polar surface area (TPSA) is 46.2 Å². The van der Waals surface area contributed by atoms with E-state index in [0.717, 1.165) is 18.4 Å². The molecule has 1 aromatic carbocycles. The van der Waals surface area contributed by atoms with Crippen LogP contribution in [0.5, 0.6) is 0 Å². The van der Waals surface area contributed by atoms with E-state index in [-0.39, 0.29) is 0 Å². The number of alkyl halides is 1. The molecule has 0 aliphatic heterocycles. The number of nitrogens with one attached hydrogen (secondary N) is 1. The Hall–Kier alpha value is -0.580. The van der Waals surface area contributed by atoms with Gasteiger partial charge in [0.25, 0.3) is 0 Å². The third kappa shape index (κ3) is 4.59. The molecule has 0 spiro atoms. The molecule has 102 valence electrons. The van der Waals surface area contributed by atoms with E-state index in [9.17, 15) is 8.42 Å². The van der Waals surface area contributed by atoms with Crippen molar-refractivity contribution >= 4 is 21.6 Å². The molecule has 0 heterocycles. The van der Waals surface area contributed by atoms with Crippen LogP contribution in [0.3, 0.4) is 0 Å². The van der Waals surface area contributed by atoms with Gasteiger partial charge < -0.3 is 0 Å². The minimum atomic E-state index is -3.39. The van der Waals surface area contributed by atoms with Gasteiger partial charge in [-0.3, -0.25) is 0 Å². The molecule has 0 saturated carbocycles. The first-order chi connectivity index (χ1) is 8.49. The lowest BCUT2D eigenvalue weighted by atomic mass is 10.0. The maximum absolute atomic E-state index is 12.0. The van der Waals surface area contributed by atoms with Gasteiger partial charge in [-0.15, -0.1) is 11.6 Å². The first-order valence-electron chi connectivity index (χ1n) is 6.12. The van der Waals surface area contributed by atoms with Crippen molar-refractivity contribution in [3.8, 4) is 0 Å². The summed E-state index contributed by atoms with van der Waals surface area (Å²) in [7, 11) is -3.39. The predicted molar refractivity (Wildman–Crippen MR) is 75.5 cm³/mol. The van der Waals surface area contributed by atoms with Crippen LogP contribution in [0.1, 0.15) is 25.3 Å². The second-order valence-electron chi connectivity index (χ2n) is 4.42. The quantitative estimate of drug-likeness (QED) is 0.785. The molecule has 0 aromatic heterocycles. The average Bonchev–Trinajstić information content (AvgIpc) is 2.35. The number of rotatable bonds is 7. The maximum Gasteiger partial charge on any atom is 0.240 e. The number of halogens is 1. The molecule has 5 heteroatoms. The third-order valence-electron chi connectivity index (χ3n) is 2.99. The molecule has 1 atom stereocenters. The lowest BCUT2D eigenvalue weighted by Gasteiger charge is -2.14. The lowest BCUT2D eigenvalue weighted by molar-refractivity contribution is 0.481. The summed E-state index contributed by atoms with van der Waals surface area (Å²) in [6, 6.07) is 6.84. The molecule has 1 unspecified atom stereocenters.